The monoisotopic (exact) mass is 435 g/mol. The van der Waals surface area contributed by atoms with Crippen LogP contribution in [0, 0.1) is 17.1 Å². The molecule has 1 aromatic heterocycles. The van der Waals surface area contributed by atoms with Crippen LogP contribution in [0.15, 0.2) is 30.3 Å². The van der Waals surface area contributed by atoms with Gasteiger partial charge >= 0.3 is 0 Å². The molecule has 4 rings (SSSR count). The first-order valence-corrected chi connectivity index (χ1v) is 11.5. The number of carbonyl (C=O) groups is 1. The quantitative estimate of drug-likeness (QED) is 0.667. The molecular formula is C25H30FN5O. The lowest BCUT2D eigenvalue weighted by Crippen LogP contribution is -2.54. The van der Waals surface area contributed by atoms with E-state index in [-0.39, 0.29) is 17.8 Å². The number of nitriles is 1. The highest BCUT2D eigenvalue weighted by atomic mass is 19.1. The minimum absolute atomic E-state index is 0.0721. The van der Waals surface area contributed by atoms with Crippen molar-refractivity contribution >= 4 is 23.1 Å². The summed E-state index contributed by atoms with van der Waals surface area (Å²) < 4.78 is 13.3. The van der Waals surface area contributed by atoms with Gasteiger partial charge in [0, 0.05) is 43.7 Å². The van der Waals surface area contributed by atoms with Gasteiger partial charge in [0.05, 0.1) is 16.9 Å². The maximum absolute atomic E-state index is 13.3. The number of halogens is 1. The molecule has 1 saturated heterocycles. The van der Waals surface area contributed by atoms with Gasteiger partial charge in [-0.3, -0.25) is 4.79 Å². The molecule has 1 aliphatic heterocycles. The van der Waals surface area contributed by atoms with E-state index in [1.165, 1.54) is 12.1 Å². The van der Waals surface area contributed by atoms with Gasteiger partial charge in [0.25, 0.3) is 0 Å². The van der Waals surface area contributed by atoms with Crippen molar-refractivity contribution in [2.75, 3.05) is 29.9 Å². The summed E-state index contributed by atoms with van der Waals surface area (Å²) in [6, 6.07) is 10.4. The highest BCUT2D eigenvalue weighted by Crippen LogP contribution is 2.44. The number of pyridine rings is 1. The third-order valence-corrected chi connectivity index (χ3v) is 6.23. The molecule has 6 nitrogen and oxygen atoms in total. The van der Waals surface area contributed by atoms with Crippen LogP contribution in [0.1, 0.15) is 63.1 Å². The first kappa shape index (κ1) is 22.1. The molecule has 2 fully saturated rings. The van der Waals surface area contributed by atoms with Crippen LogP contribution in [-0.2, 0) is 4.79 Å². The van der Waals surface area contributed by atoms with Gasteiger partial charge in [0.15, 0.2) is 0 Å². The molecule has 1 amide bonds. The second kappa shape index (κ2) is 9.56. The lowest BCUT2D eigenvalue weighted by atomic mass is 10.1. The lowest BCUT2D eigenvalue weighted by Gasteiger charge is -2.41. The topological polar surface area (TPSA) is 72.3 Å². The van der Waals surface area contributed by atoms with E-state index < -0.39 is 0 Å². The summed E-state index contributed by atoms with van der Waals surface area (Å²) in [4.78, 5) is 21.6. The van der Waals surface area contributed by atoms with Gasteiger partial charge < -0.3 is 15.1 Å². The fraction of sp³-hybridized carbons (Fsp3) is 0.480. The van der Waals surface area contributed by atoms with Crippen LogP contribution < -0.4 is 10.2 Å². The molecule has 2 aliphatic rings. The second-order valence-electron chi connectivity index (χ2n) is 8.80. The van der Waals surface area contributed by atoms with Crippen LogP contribution in [-0.4, -0.2) is 41.5 Å². The van der Waals surface area contributed by atoms with Crippen LogP contribution in [0.25, 0.3) is 0 Å². The number of carbonyl (C=O) groups excluding carboxylic acids is 1. The highest BCUT2D eigenvalue weighted by Gasteiger charge is 2.32. The molecule has 0 radical (unpaired) electrons. The van der Waals surface area contributed by atoms with Crippen molar-refractivity contribution in [1.29, 1.82) is 5.26 Å². The molecule has 168 valence electrons. The predicted molar refractivity (Wildman–Crippen MR) is 124 cm³/mol. The lowest BCUT2D eigenvalue weighted by molar-refractivity contribution is -0.133. The Labute approximate surface area is 189 Å². The molecular weight excluding hydrogens is 405 g/mol. The molecule has 0 bridgehead atoms. The van der Waals surface area contributed by atoms with E-state index in [1.54, 1.807) is 12.1 Å². The normalized spacial score (nSPS) is 18.4. The molecule has 1 unspecified atom stereocenters. The zero-order valence-electron chi connectivity index (χ0n) is 18.8. The predicted octanol–water partition coefficient (Wildman–Crippen LogP) is 4.94. The first-order chi connectivity index (χ1) is 15.5. The summed E-state index contributed by atoms with van der Waals surface area (Å²) in [6.07, 6.45) is 4.67. The number of benzene rings is 1. The van der Waals surface area contributed by atoms with Crippen LogP contribution >= 0.6 is 0 Å². The largest absolute Gasteiger partial charge is 0.354 e. The molecule has 32 heavy (non-hydrogen) atoms. The number of amides is 1. The van der Waals surface area contributed by atoms with Crippen molar-refractivity contribution in [2.24, 2.45) is 0 Å². The zero-order valence-corrected chi connectivity index (χ0v) is 18.8. The van der Waals surface area contributed by atoms with Crippen molar-refractivity contribution < 1.29 is 9.18 Å². The van der Waals surface area contributed by atoms with Crippen LogP contribution in [0.3, 0.4) is 0 Å². The smallest absolute Gasteiger partial charge is 0.222 e. The fourth-order valence-corrected chi connectivity index (χ4v) is 4.29. The minimum Gasteiger partial charge on any atom is -0.354 e. The van der Waals surface area contributed by atoms with E-state index in [4.69, 9.17) is 4.98 Å². The number of aromatic nitrogens is 1. The van der Waals surface area contributed by atoms with Crippen molar-refractivity contribution in [3.8, 4) is 6.07 Å². The number of piperazine rings is 1. The van der Waals surface area contributed by atoms with E-state index in [0.29, 0.717) is 43.4 Å². The summed E-state index contributed by atoms with van der Waals surface area (Å²) in [7, 11) is 0. The molecule has 1 aromatic carbocycles. The maximum Gasteiger partial charge on any atom is 0.222 e. The van der Waals surface area contributed by atoms with E-state index in [0.717, 1.165) is 42.8 Å². The third kappa shape index (κ3) is 4.85. The average molecular weight is 436 g/mol. The summed E-state index contributed by atoms with van der Waals surface area (Å²) in [5.74, 6) is 1.00. The Hall–Kier alpha value is -3.14. The number of rotatable bonds is 7. The standard InChI is InChI=1S/C25H30FN5O/c1-3-4-5-23(32)31-13-12-30(16-17(31)2)25-19(15-27)14-22(24(29-25)18-6-7-18)28-21-10-8-20(26)9-11-21/h8-11,14,17-18,28H,3-7,12-13,16H2,1-2H3. The van der Waals surface area contributed by atoms with Gasteiger partial charge in [-0.25, -0.2) is 9.37 Å². The summed E-state index contributed by atoms with van der Waals surface area (Å²) >= 11 is 0. The Kier molecular flexibility index (Phi) is 6.59. The summed E-state index contributed by atoms with van der Waals surface area (Å²) in [6.45, 7) is 6.13. The molecule has 0 spiro atoms. The molecule has 7 heteroatoms. The highest BCUT2D eigenvalue weighted by molar-refractivity contribution is 5.77. The van der Waals surface area contributed by atoms with Gasteiger partial charge in [0.1, 0.15) is 17.7 Å². The van der Waals surface area contributed by atoms with Gasteiger partial charge in [0.2, 0.25) is 5.91 Å². The first-order valence-electron chi connectivity index (χ1n) is 11.5. The van der Waals surface area contributed by atoms with Gasteiger partial charge in [-0.1, -0.05) is 13.3 Å². The van der Waals surface area contributed by atoms with Crippen molar-refractivity contribution in [3.05, 3.63) is 47.4 Å². The second-order valence-corrected chi connectivity index (χ2v) is 8.80. The minimum atomic E-state index is -0.286. The van der Waals surface area contributed by atoms with E-state index in [1.807, 2.05) is 11.0 Å². The Bertz CT molecular complexity index is 1010. The maximum atomic E-state index is 13.3. The Morgan fingerprint density at radius 2 is 2.03 bits per heavy atom. The molecule has 1 aliphatic carbocycles. The van der Waals surface area contributed by atoms with Gasteiger partial charge in [-0.05, 0) is 56.5 Å². The summed E-state index contributed by atoms with van der Waals surface area (Å²) in [5.41, 5.74) is 3.04. The number of hydrogen-bond acceptors (Lipinski definition) is 5. The average Bonchev–Trinajstić information content (AvgIpc) is 3.64. The van der Waals surface area contributed by atoms with E-state index in [2.05, 4.69) is 30.1 Å². The molecule has 1 saturated carbocycles. The number of unbranched alkanes of at least 4 members (excludes halogenated alkanes) is 1. The summed E-state index contributed by atoms with van der Waals surface area (Å²) in [5, 5.41) is 13.2. The molecule has 2 heterocycles. The third-order valence-electron chi connectivity index (χ3n) is 6.23. The zero-order chi connectivity index (χ0) is 22.7. The number of nitrogens with one attached hydrogen (secondary N) is 1. The Morgan fingerprint density at radius 1 is 1.28 bits per heavy atom. The van der Waals surface area contributed by atoms with Gasteiger partial charge in [-0.2, -0.15) is 5.26 Å². The Balaban J connectivity index is 1.57. The van der Waals surface area contributed by atoms with Crippen molar-refractivity contribution in [3.63, 3.8) is 0 Å². The fourth-order valence-electron chi connectivity index (χ4n) is 4.29. The van der Waals surface area contributed by atoms with Crippen molar-refractivity contribution in [1.82, 2.24) is 9.88 Å². The van der Waals surface area contributed by atoms with E-state index >= 15 is 0 Å². The molecule has 1 N–H and O–H groups in total. The molecule has 1 atom stereocenters. The van der Waals surface area contributed by atoms with Crippen molar-refractivity contribution in [2.45, 2.75) is 57.9 Å². The Morgan fingerprint density at radius 3 is 2.66 bits per heavy atom. The molecule has 2 aromatic rings. The number of nitrogens with zero attached hydrogens (tertiary/aromatic N) is 4. The SMILES string of the molecule is CCCCC(=O)N1CCN(c2nc(C3CC3)c(Nc3ccc(F)cc3)cc2C#N)CC1C. The van der Waals surface area contributed by atoms with Crippen LogP contribution in [0.2, 0.25) is 0 Å². The van der Waals surface area contributed by atoms with Crippen LogP contribution in [0.4, 0.5) is 21.6 Å². The van der Waals surface area contributed by atoms with Crippen LogP contribution in [0.5, 0.6) is 0 Å². The number of hydrogen-bond donors (Lipinski definition) is 1. The number of anilines is 3. The van der Waals surface area contributed by atoms with Gasteiger partial charge in [-0.15, -0.1) is 0 Å². The van der Waals surface area contributed by atoms with E-state index in [9.17, 15) is 14.4 Å².